The lowest BCUT2D eigenvalue weighted by molar-refractivity contribution is -0.114. The Morgan fingerprint density at radius 2 is 2.00 bits per heavy atom. The van der Waals surface area contributed by atoms with Crippen molar-refractivity contribution in [3.8, 4) is 5.88 Å². The van der Waals surface area contributed by atoms with Crippen LogP contribution >= 0.6 is 0 Å². The smallest absolute Gasteiger partial charge is 0.256 e. The second kappa shape index (κ2) is 4.15. The highest BCUT2D eigenvalue weighted by atomic mass is 16.5. The largest absolute Gasteiger partial charge is 0.478 e. The fraction of sp³-hybridized carbons (Fsp3) is 0.636. The van der Waals surface area contributed by atoms with Gasteiger partial charge < -0.3 is 10.1 Å². The Balaban J connectivity index is 3.26. The van der Waals surface area contributed by atoms with E-state index in [2.05, 4.69) is 10.4 Å². The molecule has 0 unspecified atom stereocenters. The molecule has 0 aromatic carbocycles. The summed E-state index contributed by atoms with van der Waals surface area (Å²) in [5.41, 5.74) is 1.39. The summed E-state index contributed by atoms with van der Waals surface area (Å²) in [4.78, 5) is 11.1. The Morgan fingerprint density at radius 1 is 1.44 bits per heavy atom. The minimum absolute atomic E-state index is 0.130. The van der Waals surface area contributed by atoms with Gasteiger partial charge >= 0.3 is 0 Å². The lowest BCUT2D eigenvalue weighted by Crippen LogP contribution is -2.24. The van der Waals surface area contributed by atoms with Gasteiger partial charge in [0.25, 0.3) is 5.88 Å². The molecule has 0 saturated carbocycles. The third-order valence-electron chi connectivity index (χ3n) is 2.21. The number of aromatic nitrogens is 2. The van der Waals surface area contributed by atoms with E-state index in [0.717, 1.165) is 5.69 Å². The zero-order valence-electron chi connectivity index (χ0n) is 10.7. The molecule has 0 aliphatic rings. The van der Waals surface area contributed by atoms with E-state index in [0.29, 0.717) is 11.6 Å². The molecule has 0 saturated heterocycles. The zero-order valence-corrected chi connectivity index (χ0v) is 10.7. The van der Waals surface area contributed by atoms with Gasteiger partial charge in [-0.25, -0.2) is 0 Å². The molecule has 90 valence electrons. The first-order valence-corrected chi connectivity index (χ1v) is 5.19. The molecule has 5 heteroatoms. The summed E-state index contributed by atoms with van der Waals surface area (Å²) in [6, 6.07) is 0. The highest BCUT2D eigenvalue weighted by Crippen LogP contribution is 2.30. The fourth-order valence-corrected chi connectivity index (χ4v) is 1.59. The molecule has 1 rings (SSSR count). The average molecular weight is 225 g/mol. The molecule has 0 bridgehead atoms. The van der Waals surface area contributed by atoms with Gasteiger partial charge in [0.1, 0.15) is 5.69 Å². The maximum Gasteiger partial charge on any atom is 0.256 e. The van der Waals surface area contributed by atoms with E-state index in [1.54, 1.807) is 7.11 Å². The van der Waals surface area contributed by atoms with Gasteiger partial charge in [0.05, 0.1) is 18.3 Å². The Kier molecular flexibility index (Phi) is 3.26. The van der Waals surface area contributed by atoms with Gasteiger partial charge in [0, 0.05) is 6.92 Å². The Labute approximate surface area is 95.8 Å². The van der Waals surface area contributed by atoms with Crippen molar-refractivity contribution in [2.75, 3.05) is 12.4 Å². The Morgan fingerprint density at radius 3 is 2.38 bits per heavy atom. The van der Waals surface area contributed by atoms with Crippen LogP contribution in [0.25, 0.3) is 0 Å². The third-order valence-corrected chi connectivity index (χ3v) is 2.21. The van der Waals surface area contributed by atoms with Crippen molar-refractivity contribution in [3.63, 3.8) is 0 Å². The summed E-state index contributed by atoms with van der Waals surface area (Å²) in [7, 11) is 1.54. The van der Waals surface area contributed by atoms with Crippen LogP contribution in [0.3, 0.4) is 0 Å². The van der Waals surface area contributed by atoms with Gasteiger partial charge in [-0.3, -0.25) is 9.48 Å². The summed E-state index contributed by atoms with van der Waals surface area (Å²) >= 11 is 0. The second-order valence-electron chi connectivity index (χ2n) is 4.73. The standard InChI is InChI=1S/C11H19N3O2/c1-7-9(12-8(2)15)10(16-6)13-14(7)11(3,4)5/h1-6H3,(H,12,15). The molecule has 0 aliphatic heterocycles. The molecule has 1 amide bonds. The number of carbonyl (C=O) groups excluding carboxylic acids is 1. The van der Waals surface area contributed by atoms with Crippen LogP contribution in [0.2, 0.25) is 0 Å². The van der Waals surface area contributed by atoms with E-state index < -0.39 is 0 Å². The van der Waals surface area contributed by atoms with Crippen molar-refractivity contribution in [1.82, 2.24) is 9.78 Å². The molecule has 0 aliphatic carbocycles. The van der Waals surface area contributed by atoms with Crippen LogP contribution in [0.15, 0.2) is 0 Å². The topological polar surface area (TPSA) is 56.1 Å². The van der Waals surface area contributed by atoms with Crippen molar-refractivity contribution in [2.45, 2.75) is 40.2 Å². The van der Waals surface area contributed by atoms with Crippen molar-refractivity contribution >= 4 is 11.6 Å². The summed E-state index contributed by atoms with van der Waals surface area (Å²) in [5.74, 6) is 0.317. The van der Waals surface area contributed by atoms with Gasteiger partial charge in [-0.15, -0.1) is 5.10 Å². The van der Waals surface area contributed by atoms with Gasteiger partial charge in [-0.05, 0) is 27.7 Å². The van der Waals surface area contributed by atoms with Gasteiger partial charge in [0.15, 0.2) is 0 Å². The van der Waals surface area contributed by atoms with Crippen molar-refractivity contribution in [1.29, 1.82) is 0 Å². The molecule has 16 heavy (non-hydrogen) atoms. The minimum atomic E-state index is -0.145. The molecule has 1 N–H and O–H groups in total. The quantitative estimate of drug-likeness (QED) is 0.836. The molecule has 0 fully saturated rings. The molecular formula is C11H19N3O2. The molecule has 5 nitrogen and oxygen atoms in total. The first kappa shape index (κ1) is 12.5. The maximum atomic E-state index is 11.1. The van der Waals surface area contributed by atoms with Crippen molar-refractivity contribution < 1.29 is 9.53 Å². The average Bonchev–Trinajstić information content (AvgIpc) is 2.42. The molecule has 0 atom stereocenters. The number of nitrogens with one attached hydrogen (secondary N) is 1. The summed E-state index contributed by atoms with van der Waals surface area (Å²) in [6.45, 7) is 9.51. The molecule has 1 heterocycles. The monoisotopic (exact) mass is 225 g/mol. The highest BCUT2D eigenvalue weighted by Gasteiger charge is 2.23. The summed E-state index contributed by atoms with van der Waals surface area (Å²) < 4.78 is 7.00. The van der Waals surface area contributed by atoms with Crippen LogP contribution in [-0.2, 0) is 10.3 Å². The van der Waals surface area contributed by atoms with E-state index in [1.807, 2.05) is 32.4 Å². The second-order valence-corrected chi connectivity index (χ2v) is 4.73. The SMILES string of the molecule is COc1nn(C(C)(C)C)c(C)c1NC(C)=O. The Bertz CT molecular complexity index is 402. The van der Waals surface area contributed by atoms with E-state index >= 15 is 0 Å². The summed E-state index contributed by atoms with van der Waals surface area (Å²) in [6.07, 6.45) is 0. The van der Waals surface area contributed by atoms with Crippen LogP contribution in [0.1, 0.15) is 33.4 Å². The van der Waals surface area contributed by atoms with Gasteiger partial charge in [0.2, 0.25) is 5.91 Å². The number of amides is 1. The van der Waals surface area contributed by atoms with E-state index in [4.69, 9.17) is 4.74 Å². The van der Waals surface area contributed by atoms with Crippen LogP contribution in [0.4, 0.5) is 5.69 Å². The van der Waals surface area contributed by atoms with Crippen molar-refractivity contribution in [2.24, 2.45) is 0 Å². The number of ether oxygens (including phenoxy) is 1. The predicted molar refractivity (Wildman–Crippen MR) is 62.8 cm³/mol. The van der Waals surface area contributed by atoms with Crippen LogP contribution in [0.5, 0.6) is 5.88 Å². The molecule has 0 radical (unpaired) electrons. The fourth-order valence-electron chi connectivity index (χ4n) is 1.59. The number of methoxy groups -OCH3 is 1. The lowest BCUT2D eigenvalue weighted by atomic mass is 10.1. The van der Waals surface area contributed by atoms with Crippen LogP contribution in [-0.4, -0.2) is 22.8 Å². The van der Waals surface area contributed by atoms with Gasteiger partial charge in [-0.2, -0.15) is 0 Å². The van der Waals surface area contributed by atoms with Crippen LogP contribution < -0.4 is 10.1 Å². The maximum absolute atomic E-state index is 11.1. The minimum Gasteiger partial charge on any atom is -0.478 e. The third kappa shape index (κ3) is 2.35. The predicted octanol–water partition coefficient (Wildman–Crippen LogP) is 1.91. The zero-order chi connectivity index (χ0) is 12.5. The molecule has 1 aromatic rings. The molecule has 1 aromatic heterocycles. The molecule has 0 spiro atoms. The number of anilines is 1. The number of rotatable bonds is 2. The first-order valence-electron chi connectivity index (χ1n) is 5.19. The molecular weight excluding hydrogens is 206 g/mol. The lowest BCUT2D eigenvalue weighted by Gasteiger charge is -2.21. The highest BCUT2D eigenvalue weighted by molar-refractivity contribution is 5.90. The number of hydrogen-bond acceptors (Lipinski definition) is 3. The van der Waals surface area contributed by atoms with Gasteiger partial charge in [-0.1, -0.05) is 0 Å². The van der Waals surface area contributed by atoms with Crippen LogP contribution in [0, 0.1) is 6.92 Å². The number of nitrogens with zero attached hydrogens (tertiary/aromatic N) is 2. The number of carbonyl (C=O) groups is 1. The number of hydrogen-bond donors (Lipinski definition) is 1. The van der Waals surface area contributed by atoms with E-state index in [1.165, 1.54) is 6.92 Å². The first-order chi connectivity index (χ1) is 7.27. The summed E-state index contributed by atoms with van der Waals surface area (Å²) in [5, 5.41) is 7.07. The van der Waals surface area contributed by atoms with E-state index in [-0.39, 0.29) is 11.4 Å². The Hall–Kier alpha value is -1.52. The van der Waals surface area contributed by atoms with Crippen molar-refractivity contribution in [3.05, 3.63) is 5.69 Å². The normalized spacial score (nSPS) is 11.4. The van der Waals surface area contributed by atoms with E-state index in [9.17, 15) is 4.79 Å².